The summed E-state index contributed by atoms with van der Waals surface area (Å²) in [6.07, 6.45) is -0.600. The van der Waals surface area contributed by atoms with E-state index in [-0.39, 0.29) is 12.4 Å². The molecule has 1 rings (SSSR count). The number of hydrogen-bond donors (Lipinski definition) is 2. The Morgan fingerprint density at radius 2 is 2.27 bits per heavy atom. The molecule has 1 unspecified atom stereocenters. The van der Waals surface area contributed by atoms with Crippen LogP contribution in [0.15, 0.2) is 22.7 Å². The fourth-order valence-electron chi connectivity index (χ4n) is 1.10. The van der Waals surface area contributed by atoms with Crippen molar-refractivity contribution in [2.45, 2.75) is 6.10 Å². The molecule has 0 fully saturated rings. The summed E-state index contributed by atoms with van der Waals surface area (Å²) in [5, 5.41) is 12.2. The van der Waals surface area contributed by atoms with Crippen molar-refractivity contribution in [1.29, 1.82) is 0 Å². The van der Waals surface area contributed by atoms with Crippen LogP contribution < -0.4 is 10.1 Å². The Hall–Kier alpha value is -0.650. The summed E-state index contributed by atoms with van der Waals surface area (Å²) in [7, 11) is 1.74. The molecule has 0 heterocycles. The van der Waals surface area contributed by atoms with Gasteiger partial charge in [-0.25, -0.2) is 4.39 Å². The van der Waals surface area contributed by atoms with Crippen LogP contribution in [0.4, 0.5) is 4.39 Å². The van der Waals surface area contributed by atoms with E-state index < -0.39 is 6.10 Å². The van der Waals surface area contributed by atoms with Crippen molar-refractivity contribution < 1.29 is 14.2 Å². The Bertz CT molecular complexity index is 302. The van der Waals surface area contributed by atoms with Gasteiger partial charge in [0.15, 0.2) is 0 Å². The Morgan fingerprint density at radius 1 is 1.53 bits per heavy atom. The molecule has 0 saturated carbocycles. The SMILES string of the molecule is CNCC(O)COc1cc(F)cc(Br)c1. The van der Waals surface area contributed by atoms with Gasteiger partial charge in [-0.3, -0.25) is 0 Å². The summed E-state index contributed by atoms with van der Waals surface area (Å²) in [4.78, 5) is 0. The molecule has 0 aliphatic rings. The standard InChI is InChI=1S/C10H13BrFNO2/c1-13-5-9(14)6-15-10-3-7(11)2-8(12)4-10/h2-4,9,13-14H,5-6H2,1H3. The van der Waals surface area contributed by atoms with Crippen LogP contribution in [0, 0.1) is 5.82 Å². The zero-order chi connectivity index (χ0) is 11.3. The first-order valence-corrected chi connectivity index (χ1v) is 5.32. The summed E-state index contributed by atoms with van der Waals surface area (Å²) >= 11 is 3.16. The average Bonchev–Trinajstić information content (AvgIpc) is 2.14. The molecule has 0 aliphatic heterocycles. The van der Waals surface area contributed by atoms with Crippen LogP contribution in [0.5, 0.6) is 5.75 Å². The van der Waals surface area contributed by atoms with Gasteiger partial charge in [0.1, 0.15) is 24.3 Å². The van der Waals surface area contributed by atoms with E-state index in [1.54, 1.807) is 13.1 Å². The number of aliphatic hydroxyl groups excluding tert-OH is 1. The van der Waals surface area contributed by atoms with Gasteiger partial charge < -0.3 is 15.2 Å². The maximum Gasteiger partial charge on any atom is 0.128 e. The average molecular weight is 278 g/mol. The van der Waals surface area contributed by atoms with Crippen molar-refractivity contribution in [1.82, 2.24) is 5.32 Å². The number of halogens is 2. The molecule has 1 atom stereocenters. The van der Waals surface area contributed by atoms with Crippen LogP contribution >= 0.6 is 15.9 Å². The Kier molecular flexibility index (Phi) is 5.01. The lowest BCUT2D eigenvalue weighted by Crippen LogP contribution is -2.29. The van der Waals surface area contributed by atoms with Crippen molar-refractivity contribution in [3.05, 3.63) is 28.5 Å². The molecule has 0 saturated heterocycles. The first-order chi connectivity index (χ1) is 7.11. The minimum atomic E-state index is -0.600. The van der Waals surface area contributed by atoms with Crippen LogP contribution in [0.25, 0.3) is 0 Å². The zero-order valence-corrected chi connectivity index (χ0v) is 9.92. The molecule has 0 aliphatic carbocycles. The maximum absolute atomic E-state index is 12.9. The van der Waals surface area contributed by atoms with Crippen molar-refractivity contribution in [2.75, 3.05) is 20.2 Å². The molecule has 15 heavy (non-hydrogen) atoms. The fourth-order valence-corrected chi connectivity index (χ4v) is 1.54. The Balaban J connectivity index is 2.50. The Morgan fingerprint density at radius 3 is 2.87 bits per heavy atom. The first kappa shape index (κ1) is 12.4. The minimum absolute atomic E-state index is 0.136. The van der Waals surface area contributed by atoms with Crippen LogP contribution in [0.3, 0.4) is 0 Å². The highest BCUT2D eigenvalue weighted by Gasteiger charge is 2.05. The molecule has 84 valence electrons. The number of aliphatic hydroxyl groups is 1. The van der Waals surface area contributed by atoms with Gasteiger partial charge in [0, 0.05) is 17.1 Å². The third-order valence-electron chi connectivity index (χ3n) is 1.72. The number of rotatable bonds is 5. The smallest absolute Gasteiger partial charge is 0.128 e. The molecule has 5 heteroatoms. The molecular formula is C10H13BrFNO2. The van der Waals surface area contributed by atoms with Gasteiger partial charge in [0.25, 0.3) is 0 Å². The molecule has 0 bridgehead atoms. The first-order valence-electron chi connectivity index (χ1n) is 4.53. The number of ether oxygens (including phenoxy) is 1. The number of likely N-dealkylation sites (N-methyl/N-ethyl adjacent to an activating group) is 1. The highest BCUT2D eigenvalue weighted by Crippen LogP contribution is 2.20. The predicted molar refractivity (Wildman–Crippen MR) is 59.5 cm³/mol. The second kappa shape index (κ2) is 6.05. The zero-order valence-electron chi connectivity index (χ0n) is 8.34. The lowest BCUT2D eigenvalue weighted by atomic mass is 10.3. The highest BCUT2D eigenvalue weighted by atomic mass is 79.9. The van der Waals surface area contributed by atoms with Crippen molar-refractivity contribution in [2.24, 2.45) is 0 Å². The molecule has 0 spiro atoms. The minimum Gasteiger partial charge on any atom is -0.491 e. The van der Waals surface area contributed by atoms with E-state index in [1.165, 1.54) is 12.1 Å². The number of benzene rings is 1. The van der Waals surface area contributed by atoms with Crippen LogP contribution in [-0.4, -0.2) is 31.4 Å². The third-order valence-corrected chi connectivity index (χ3v) is 2.18. The molecule has 0 amide bonds. The van der Waals surface area contributed by atoms with E-state index in [2.05, 4.69) is 21.2 Å². The molecule has 3 nitrogen and oxygen atoms in total. The fraction of sp³-hybridized carbons (Fsp3) is 0.400. The van der Waals surface area contributed by atoms with Gasteiger partial charge in [0.2, 0.25) is 0 Å². The number of hydrogen-bond acceptors (Lipinski definition) is 3. The Labute approximate surface area is 96.4 Å². The molecular weight excluding hydrogens is 265 g/mol. The van der Waals surface area contributed by atoms with Gasteiger partial charge in [-0.15, -0.1) is 0 Å². The third kappa shape index (κ3) is 4.59. The van der Waals surface area contributed by atoms with Crippen molar-refractivity contribution in [3.8, 4) is 5.75 Å². The van der Waals surface area contributed by atoms with E-state index in [0.717, 1.165) is 0 Å². The maximum atomic E-state index is 12.9. The predicted octanol–water partition coefficient (Wildman–Crippen LogP) is 1.55. The van der Waals surface area contributed by atoms with E-state index in [4.69, 9.17) is 4.74 Å². The summed E-state index contributed by atoms with van der Waals surface area (Å²) in [5.41, 5.74) is 0. The van der Waals surface area contributed by atoms with E-state index in [1.807, 2.05) is 0 Å². The van der Waals surface area contributed by atoms with Crippen LogP contribution in [0.1, 0.15) is 0 Å². The van der Waals surface area contributed by atoms with Gasteiger partial charge in [-0.05, 0) is 19.2 Å². The quantitative estimate of drug-likeness (QED) is 0.858. The van der Waals surface area contributed by atoms with Gasteiger partial charge in [-0.2, -0.15) is 0 Å². The molecule has 2 N–H and O–H groups in total. The lowest BCUT2D eigenvalue weighted by Gasteiger charge is -2.11. The summed E-state index contributed by atoms with van der Waals surface area (Å²) in [6.45, 7) is 0.577. The van der Waals surface area contributed by atoms with Gasteiger partial charge >= 0.3 is 0 Å². The monoisotopic (exact) mass is 277 g/mol. The van der Waals surface area contributed by atoms with Crippen LogP contribution in [-0.2, 0) is 0 Å². The van der Waals surface area contributed by atoms with Crippen LogP contribution in [0.2, 0.25) is 0 Å². The summed E-state index contributed by atoms with van der Waals surface area (Å²) in [5.74, 6) is 0.0273. The number of nitrogens with one attached hydrogen (secondary N) is 1. The highest BCUT2D eigenvalue weighted by molar-refractivity contribution is 9.10. The second-order valence-electron chi connectivity index (χ2n) is 3.13. The van der Waals surface area contributed by atoms with Gasteiger partial charge in [0.05, 0.1) is 0 Å². The normalized spacial score (nSPS) is 12.5. The van der Waals surface area contributed by atoms with Crippen molar-refractivity contribution in [3.63, 3.8) is 0 Å². The topological polar surface area (TPSA) is 41.5 Å². The van der Waals surface area contributed by atoms with E-state index in [0.29, 0.717) is 16.8 Å². The molecule has 0 radical (unpaired) electrons. The molecule has 1 aromatic rings. The van der Waals surface area contributed by atoms with E-state index in [9.17, 15) is 9.50 Å². The summed E-state index contributed by atoms with van der Waals surface area (Å²) < 4.78 is 18.7. The largest absolute Gasteiger partial charge is 0.491 e. The van der Waals surface area contributed by atoms with E-state index >= 15 is 0 Å². The van der Waals surface area contributed by atoms with Gasteiger partial charge in [-0.1, -0.05) is 15.9 Å². The molecule has 0 aromatic heterocycles. The lowest BCUT2D eigenvalue weighted by molar-refractivity contribution is 0.108. The molecule has 1 aromatic carbocycles. The van der Waals surface area contributed by atoms with Crippen molar-refractivity contribution >= 4 is 15.9 Å². The second-order valence-corrected chi connectivity index (χ2v) is 4.04. The summed E-state index contributed by atoms with van der Waals surface area (Å²) in [6, 6.07) is 4.27.